The zero-order chi connectivity index (χ0) is 20.9. The summed E-state index contributed by atoms with van der Waals surface area (Å²) in [6.45, 7) is 3.61. The third-order valence-corrected chi connectivity index (χ3v) is 5.90. The monoisotopic (exact) mass is 402 g/mol. The zero-order valence-corrected chi connectivity index (χ0v) is 17.9. The van der Waals surface area contributed by atoms with Gasteiger partial charge in [-0.2, -0.15) is 0 Å². The Labute approximate surface area is 178 Å². The summed E-state index contributed by atoms with van der Waals surface area (Å²) in [7, 11) is 1.67. The van der Waals surface area contributed by atoms with Gasteiger partial charge >= 0.3 is 0 Å². The lowest BCUT2D eigenvalue weighted by atomic mass is 9.89. The van der Waals surface area contributed by atoms with E-state index in [0.717, 1.165) is 30.9 Å². The number of carbonyl (C=O) groups excluding carboxylic acids is 1. The van der Waals surface area contributed by atoms with Crippen LogP contribution < -0.4 is 5.32 Å². The fourth-order valence-corrected chi connectivity index (χ4v) is 4.31. The van der Waals surface area contributed by atoms with E-state index >= 15 is 0 Å². The molecule has 156 valence electrons. The van der Waals surface area contributed by atoms with E-state index in [1.807, 2.05) is 12.1 Å². The predicted molar refractivity (Wildman–Crippen MR) is 121 cm³/mol. The van der Waals surface area contributed by atoms with E-state index in [1.54, 1.807) is 7.11 Å². The number of nitrogens with zero attached hydrogens (tertiary/aromatic N) is 1. The number of ether oxygens (including phenoxy) is 1. The summed E-state index contributed by atoms with van der Waals surface area (Å²) in [6, 6.07) is 20.9. The molecule has 1 atom stereocenters. The highest BCUT2D eigenvalue weighted by molar-refractivity contribution is 5.94. The van der Waals surface area contributed by atoms with Gasteiger partial charge in [0, 0.05) is 37.2 Å². The largest absolute Gasteiger partial charge is 0.385 e. The Morgan fingerprint density at radius 2 is 1.90 bits per heavy atom. The van der Waals surface area contributed by atoms with Crippen LogP contribution in [0.1, 0.15) is 41.4 Å². The lowest BCUT2D eigenvalue weighted by Crippen LogP contribution is -2.25. The lowest BCUT2D eigenvalue weighted by molar-refractivity contribution is 0.0948. The van der Waals surface area contributed by atoms with E-state index in [2.05, 4.69) is 65.3 Å². The van der Waals surface area contributed by atoms with Crippen molar-refractivity contribution in [2.24, 2.45) is 5.92 Å². The highest BCUT2D eigenvalue weighted by Crippen LogP contribution is 2.35. The van der Waals surface area contributed by atoms with E-state index in [4.69, 9.17) is 4.74 Å². The van der Waals surface area contributed by atoms with E-state index < -0.39 is 0 Å². The van der Waals surface area contributed by atoms with Crippen LogP contribution in [0.2, 0.25) is 0 Å². The van der Waals surface area contributed by atoms with Gasteiger partial charge in [-0.3, -0.25) is 4.79 Å². The first-order valence-corrected chi connectivity index (χ1v) is 10.8. The van der Waals surface area contributed by atoms with E-state index in [-0.39, 0.29) is 5.91 Å². The summed E-state index contributed by atoms with van der Waals surface area (Å²) in [4.78, 5) is 12.4. The van der Waals surface area contributed by atoms with Crippen LogP contribution in [0.4, 0.5) is 0 Å². The normalized spacial score (nSPS) is 15.6. The van der Waals surface area contributed by atoms with Gasteiger partial charge in [-0.15, -0.1) is 0 Å². The van der Waals surface area contributed by atoms with E-state index in [1.165, 1.54) is 28.9 Å². The van der Waals surface area contributed by atoms with E-state index in [9.17, 15) is 4.79 Å². The van der Waals surface area contributed by atoms with Crippen LogP contribution in [0.3, 0.4) is 0 Å². The van der Waals surface area contributed by atoms with Crippen LogP contribution in [0, 0.1) is 5.92 Å². The Morgan fingerprint density at radius 1 is 1.13 bits per heavy atom. The second kappa shape index (κ2) is 9.31. The maximum Gasteiger partial charge on any atom is 0.251 e. The van der Waals surface area contributed by atoms with Crippen molar-refractivity contribution in [1.82, 2.24) is 9.88 Å². The van der Waals surface area contributed by atoms with Crippen molar-refractivity contribution in [1.29, 1.82) is 0 Å². The number of fused-ring (bicyclic) bond motifs is 1. The SMILES string of the molecule is COCCCNC(=O)c1ccc(-n2c(-c3ccccc3)cc3c2CC[C@@H](C)C3)cc1. The number of carbonyl (C=O) groups is 1. The molecule has 1 aromatic heterocycles. The van der Waals surface area contributed by atoms with Crippen LogP contribution in [0.15, 0.2) is 60.7 Å². The van der Waals surface area contributed by atoms with Gasteiger partial charge in [0.2, 0.25) is 0 Å². The summed E-state index contributed by atoms with van der Waals surface area (Å²) >= 11 is 0. The first-order chi connectivity index (χ1) is 14.7. The molecular weight excluding hydrogens is 372 g/mol. The minimum absolute atomic E-state index is 0.0377. The summed E-state index contributed by atoms with van der Waals surface area (Å²) in [5, 5.41) is 2.95. The summed E-state index contributed by atoms with van der Waals surface area (Å²) < 4.78 is 7.42. The van der Waals surface area contributed by atoms with Crippen LogP contribution >= 0.6 is 0 Å². The Hall–Kier alpha value is -2.85. The molecule has 3 aromatic rings. The number of hydrogen-bond donors (Lipinski definition) is 1. The minimum Gasteiger partial charge on any atom is -0.385 e. The van der Waals surface area contributed by atoms with Crippen molar-refractivity contribution in [2.75, 3.05) is 20.3 Å². The Balaban J connectivity index is 1.64. The van der Waals surface area contributed by atoms with Gasteiger partial charge in [-0.1, -0.05) is 37.3 Å². The van der Waals surface area contributed by atoms with Crippen molar-refractivity contribution in [3.05, 3.63) is 77.5 Å². The van der Waals surface area contributed by atoms with Crippen molar-refractivity contribution in [3.63, 3.8) is 0 Å². The van der Waals surface area contributed by atoms with Crippen molar-refractivity contribution in [3.8, 4) is 16.9 Å². The molecule has 0 bridgehead atoms. The molecule has 0 fully saturated rings. The molecule has 0 unspecified atom stereocenters. The molecule has 0 saturated heterocycles. The molecule has 30 heavy (non-hydrogen) atoms. The quantitative estimate of drug-likeness (QED) is 0.563. The molecule has 0 aliphatic heterocycles. The average Bonchev–Trinajstić information content (AvgIpc) is 3.16. The van der Waals surface area contributed by atoms with Crippen LogP contribution in [-0.4, -0.2) is 30.7 Å². The number of methoxy groups -OCH3 is 1. The van der Waals surface area contributed by atoms with Gasteiger partial charge in [-0.25, -0.2) is 0 Å². The molecule has 1 aliphatic carbocycles. The van der Waals surface area contributed by atoms with Crippen LogP contribution in [0.25, 0.3) is 16.9 Å². The molecule has 4 heteroatoms. The first kappa shape index (κ1) is 20.4. The fraction of sp³-hybridized carbons (Fsp3) is 0.346. The molecule has 1 N–H and O–H groups in total. The van der Waals surface area contributed by atoms with Gasteiger partial charge in [0.1, 0.15) is 0 Å². The fourth-order valence-electron chi connectivity index (χ4n) is 4.31. The van der Waals surface area contributed by atoms with E-state index in [0.29, 0.717) is 18.7 Å². The molecule has 1 aliphatic rings. The number of hydrogen-bond acceptors (Lipinski definition) is 2. The second-order valence-corrected chi connectivity index (χ2v) is 8.20. The van der Waals surface area contributed by atoms with Gasteiger partial charge in [-0.05, 0) is 73.1 Å². The predicted octanol–water partition coefficient (Wildman–Crippen LogP) is 5.04. The Morgan fingerprint density at radius 3 is 2.63 bits per heavy atom. The standard InChI is InChI=1S/C26H30N2O2/c1-19-9-14-24-22(17-19)18-25(20-7-4-3-5-8-20)28(24)23-12-10-21(11-13-23)26(29)27-15-6-16-30-2/h3-5,7-8,10-13,18-19H,6,9,14-17H2,1-2H3,(H,27,29)/t19-/m1/s1. The molecule has 2 aromatic carbocycles. The Bertz CT molecular complexity index is 990. The third kappa shape index (κ3) is 4.34. The number of rotatable bonds is 7. The topological polar surface area (TPSA) is 43.3 Å². The van der Waals surface area contributed by atoms with Crippen molar-refractivity contribution >= 4 is 5.91 Å². The molecule has 0 spiro atoms. The molecule has 1 heterocycles. The minimum atomic E-state index is -0.0377. The van der Waals surface area contributed by atoms with Crippen molar-refractivity contribution in [2.45, 2.75) is 32.6 Å². The second-order valence-electron chi connectivity index (χ2n) is 8.20. The number of aromatic nitrogens is 1. The Kier molecular flexibility index (Phi) is 6.34. The average molecular weight is 403 g/mol. The molecule has 0 radical (unpaired) electrons. The smallest absolute Gasteiger partial charge is 0.251 e. The lowest BCUT2D eigenvalue weighted by Gasteiger charge is -2.21. The molecular formula is C26H30N2O2. The first-order valence-electron chi connectivity index (χ1n) is 10.8. The van der Waals surface area contributed by atoms with Gasteiger partial charge < -0.3 is 14.6 Å². The van der Waals surface area contributed by atoms with Crippen LogP contribution in [0.5, 0.6) is 0 Å². The highest BCUT2D eigenvalue weighted by atomic mass is 16.5. The zero-order valence-electron chi connectivity index (χ0n) is 17.9. The molecule has 1 amide bonds. The number of amides is 1. The van der Waals surface area contributed by atoms with Crippen LogP contribution in [-0.2, 0) is 17.6 Å². The summed E-state index contributed by atoms with van der Waals surface area (Å²) in [5.74, 6) is 0.686. The number of benzene rings is 2. The molecule has 4 rings (SSSR count). The maximum absolute atomic E-state index is 12.4. The molecule has 0 saturated carbocycles. The highest BCUT2D eigenvalue weighted by Gasteiger charge is 2.23. The number of nitrogens with one attached hydrogen (secondary N) is 1. The van der Waals surface area contributed by atoms with Gasteiger partial charge in [0.05, 0.1) is 5.69 Å². The third-order valence-electron chi connectivity index (χ3n) is 5.90. The van der Waals surface area contributed by atoms with Gasteiger partial charge in [0.15, 0.2) is 0 Å². The molecule has 4 nitrogen and oxygen atoms in total. The summed E-state index contributed by atoms with van der Waals surface area (Å²) in [6.07, 6.45) is 4.25. The maximum atomic E-state index is 12.4. The summed E-state index contributed by atoms with van der Waals surface area (Å²) in [5.41, 5.74) is 7.11. The van der Waals surface area contributed by atoms with Crippen molar-refractivity contribution < 1.29 is 9.53 Å². The van der Waals surface area contributed by atoms with Gasteiger partial charge in [0.25, 0.3) is 5.91 Å².